The normalized spacial score (nSPS) is 22.0. The second-order valence-electron chi connectivity index (χ2n) is 8.43. The number of hydrogen-bond acceptors (Lipinski definition) is 5. The van der Waals surface area contributed by atoms with Crippen LogP contribution in [0.4, 0.5) is 0 Å². The third-order valence-corrected chi connectivity index (χ3v) is 5.94. The summed E-state index contributed by atoms with van der Waals surface area (Å²) in [6, 6.07) is 12.3. The van der Waals surface area contributed by atoms with E-state index in [1.54, 1.807) is 32.4 Å². The van der Waals surface area contributed by atoms with Crippen molar-refractivity contribution < 1.29 is 14.3 Å². The van der Waals surface area contributed by atoms with Gasteiger partial charge in [-0.25, -0.2) is 4.99 Å². The predicted molar refractivity (Wildman–Crippen MR) is 123 cm³/mol. The molecule has 3 N–H and O–H groups in total. The molecule has 31 heavy (non-hydrogen) atoms. The molecule has 3 rings (SSSR count). The molecule has 0 spiro atoms. The number of nitrogens with one attached hydrogen (secondary N) is 2. The van der Waals surface area contributed by atoms with Crippen LogP contribution in [0.3, 0.4) is 0 Å². The van der Waals surface area contributed by atoms with E-state index in [2.05, 4.69) is 39.7 Å². The van der Waals surface area contributed by atoms with Crippen molar-refractivity contribution in [3.63, 3.8) is 0 Å². The molecule has 1 saturated heterocycles. The van der Waals surface area contributed by atoms with Crippen molar-refractivity contribution in [3.05, 3.63) is 54.0 Å². The Morgan fingerprint density at radius 1 is 1.29 bits per heavy atom. The van der Waals surface area contributed by atoms with Gasteiger partial charge in [0.2, 0.25) is 0 Å². The number of benzene rings is 1. The predicted octanol–water partition coefficient (Wildman–Crippen LogP) is 3.13. The molecule has 170 valence electrons. The molecule has 2 heterocycles. The summed E-state index contributed by atoms with van der Waals surface area (Å²) in [4.78, 5) is 7.05. The lowest BCUT2D eigenvalue weighted by molar-refractivity contribution is 0.0436. The quantitative estimate of drug-likeness (QED) is 0.443. The fraction of sp³-hybridized carbons (Fsp3) is 0.542. The highest BCUT2D eigenvalue weighted by atomic mass is 16.5. The molecular weight excluding hydrogens is 392 g/mol. The van der Waals surface area contributed by atoms with Crippen LogP contribution in [0.5, 0.6) is 5.75 Å². The van der Waals surface area contributed by atoms with Gasteiger partial charge in [-0.2, -0.15) is 0 Å². The van der Waals surface area contributed by atoms with Gasteiger partial charge in [0.1, 0.15) is 17.1 Å². The highest BCUT2D eigenvalue weighted by Crippen LogP contribution is 2.35. The highest BCUT2D eigenvalue weighted by molar-refractivity contribution is 5.79. The number of methoxy groups -OCH3 is 1. The maximum atomic E-state index is 10.7. The number of ether oxygens (including phenoxy) is 1. The Bertz CT molecular complexity index is 818. The minimum absolute atomic E-state index is 0.211. The summed E-state index contributed by atoms with van der Waals surface area (Å²) in [6.45, 7) is 6.61. The van der Waals surface area contributed by atoms with E-state index in [4.69, 9.17) is 9.15 Å². The monoisotopic (exact) mass is 428 g/mol. The Morgan fingerprint density at radius 2 is 2.06 bits per heavy atom. The molecule has 0 radical (unpaired) electrons. The summed E-state index contributed by atoms with van der Waals surface area (Å²) in [5, 5.41) is 17.5. The van der Waals surface area contributed by atoms with Crippen LogP contribution >= 0.6 is 0 Å². The molecule has 1 aliphatic heterocycles. The third-order valence-electron chi connectivity index (χ3n) is 5.94. The standard InChI is InChI=1S/C24H36N4O3/c1-5-25-23(27-17-24(2,29)21-9-7-15-31-21)26-16-19-8-6-14-28(3)22(19)18-10-12-20(30-4)13-11-18/h7,9-13,15,19,22,29H,5-6,8,14,16-17H2,1-4H3,(H2,25,26,27). The van der Waals surface area contributed by atoms with Crippen LogP contribution in [0.1, 0.15) is 44.1 Å². The van der Waals surface area contributed by atoms with Gasteiger partial charge in [-0.3, -0.25) is 4.90 Å². The van der Waals surface area contributed by atoms with Gasteiger partial charge in [0, 0.05) is 19.1 Å². The lowest BCUT2D eigenvalue weighted by Crippen LogP contribution is -2.45. The van der Waals surface area contributed by atoms with Gasteiger partial charge >= 0.3 is 0 Å². The Labute approximate surface area is 185 Å². The topological polar surface area (TPSA) is 82.3 Å². The molecule has 7 nitrogen and oxygen atoms in total. The van der Waals surface area contributed by atoms with Gasteiger partial charge < -0.3 is 24.9 Å². The summed E-state index contributed by atoms with van der Waals surface area (Å²) in [7, 11) is 3.89. The highest BCUT2D eigenvalue weighted by Gasteiger charge is 2.31. The molecule has 0 amide bonds. The van der Waals surface area contributed by atoms with Gasteiger partial charge in [0.25, 0.3) is 0 Å². The van der Waals surface area contributed by atoms with E-state index in [0.29, 0.717) is 23.7 Å². The summed E-state index contributed by atoms with van der Waals surface area (Å²) in [6.07, 6.45) is 3.89. The van der Waals surface area contributed by atoms with Crippen LogP contribution in [-0.4, -0.2) is 56.3 Å². The SMILES string of the molecule is CCNC(=NCC(C)(O)c1ccco1)NCC1CCCN(C)C1c1ccc(OC)cc1. The summed E-state index contributed by atoms with van der Waals surface area (Å²) < 4.78 is 10.7. The molecule has 1 fully saturated rings. The second-order valence-corrected chi connectivity index (χ2v) is 8.43. The van der Waals surface area contributed by atoms with Gasteiger partial charge in [0.05, 0.1) is 19.9 Å². The summed E-state index contributed by atoms with van der Waals surface area (Å²) >= 11 is 0. The summed E-state index contributed by atoms with van der Waals surface area (Å²) in [5.74, 6) is 2.54. The molecular formula is C24H36N4O3. The number of rotatable bonds is 8. The maximum Gasteiger partial charge on any atom is 0.191 e. The molecule has 3 unspecified atom stereocenters. The first-order valence-corrected chi connectivity index (χ1v) is 11.1. The smallest absolute Gasteiger partial charge is 0.191 e. The largest absolute Gasteiger partial charge is 0.497 e. The van der Waals surface area contributed by atoms with E-state index in [-0.39, 0.29) is 6.54 Å². The summed E-state index contributed by atoms with van der Waals surface area (Å²) in [5.41, 5.74) is 0.153. The van der Waals surface area contributed by atoms with Gasteiger partial charge in [-0.15, -0.1) is 0 Å². The first-order valence-electron chi connectivity index (χ1n) is 11.1. The zero-order valence-electron chi connectivity index (χ0n) is 19.1. The van der Waals surface area contributed by atoms with Crippen molar-refractivity contribution in [3.8, 4) is 5.75 Å². The van der Waals surface area contributed by atoms with E-state index >= 15 is 0 Å². The molecule has 1 aromatic carbocycles. The number of furan rings is 1. The van der Waals surface area contributed by atoms with Crippen molar-refractivity contribution in [2.75, 3.05) is 40.3 Å². The first-order chi connectivity index (χ1) is 14.9. The fourth-order valence-electron chi connectivity index (χ4n) is 4.27. The van der Waals surface area contributed by atoms with E-state index in [1.807, 2.05) is 19.1 Å². The molecule has 3 atom stereocenters. The van der Waals surface area contributed by atoms with E-state index < -0.39 is 5.60 Å². The van der Waals surface area contributed by atoms with Crippen molar-refractivity contribution in [2.45, 2.75) is 38.3 Å². The van der Waals surface area contributed by atoms with Gasteiger partial charge in [0.15, 0.2) is 5.96 Å². The Hall–Kier alpha value is -2.51. The molecule has 0 saturated carbocycles. The average molecular weight is 429 g/mol. The first kappa shape index (κ1) is 23.2. The Morgan fingerprint density at radius 3 is 2.71 bits per heavy atom. The van der Waals surface area contributed by atoms with Crippen LogP contribution < -0.4 is 15.4 Å². The molecule has 0 aliphatic carbocycles. The minimum atomic E-state index is -1.15. The van der Waals surface area contributed by atoms with Crippen molar-refractivity contribution in [2.24, 2.45) is 10.9 Å². The minimum Gasteiger partial charge on any atom is -0.497 e. The number of hydrogen-bond donors (Lipinski definition) is 3. The fourth-order valence-corrected chi connectivity index (χ4v) is 4.27. The average Bonchev–Trinajstić information content (AvgIpc) is 3.32. The molecule has 1 aliphatic rings. The third kappa shape index (κ3) is 6.02. The molecule has 1 aromatic heterocycles. The van der Waals surface area contributed by atoms with Crippen LogP contribution in [0.2, 0.25) is 0 Å². The lowest BCUT2D eigenvalue weighted by atomic mass is 9.85. The van der Waals surface area contributed by atoms with Gasteiger partial charge in [-0.05, 0) is 76.0 Å². The van der Waals surface area contributed by atoms with Crippen LogP contribution in [0.25, 0.3) is 0 Å². The Balaban J connectivity index is 1.68. The number of guanidine groups is 1. The van der Waals surface area contributed by atoms with E-state index in [1.165, 1.54) is 12.0 Å². The molecule has 7 heteroatoms. The van der Waals surface area contributed by atoms with E-state index in [9.17, 15) is 5.11 Å². The van der Waals surface area contributed by atoms with Crippen molar-refractivity contribution in [1.82, 2.24) is 15.5 Å². The number of nitrogens with zero attached hydrogens (tertiary/aromatic N) is 2. The number of likely N-dealkylation sites (tertiary alicyclic amines) is 1. The second kappa shape index (κ2) is 10.7. The van der Waals surface area contributed by atoms with Crippen LogP contribution in [0, 0.1) is 5.92 Å². The van der Waals surface area contributed by atoms with Gasteiger partial charge in [-0.1, -0.05) is 12.1 Å². The van der Waals surface area contributed by atoms with Crippen LogP contribution in [-0.2, 0) is 5.60 Å². The molecule has 2 aromatic rings. The number of aliphatic hydroxyl groups is 1. The molecule has 0 bridgehead atoms. The maximum absolute atomic E-state index is 10.7. The zero-order valence-corrected chi connectivity index (χ0v) is 19.1. The van der Waals surface area contributed by atoms with Crippen molar-refractivity contribution >= 4 is 5.96 Å². The van der Waals surface area contributed by atoms with Crippen molar-refractivity contribution in [1.29, 1.82) is 0 Å². The zero-order chi connectivity index (χ0) is 22.3. The van der Waals surface area contributed by atoms with E-state index in [0.717, 1.165) is 31.8 Å². The number of aliphatic imine (C=N–C) groups is 1. The number of piperidine rings is 1. The van der Waals surface area contributed by atoms with Crippen LogP contribution in [0.15, 0.2) is 52.1 Å². The lowest BCUT2D eigenvalue weighted by Gasteiger charge is -2.40. The Kier molecular flexibility index (Phi) is 7.98.